The number of phenolic OH excluding ortho intramolecular Hbond substituents is 2. The minimum atomic E-state index is -0.144. The molecule has 9 heteroatoms. The van der Waals surface area contributed by atoms with Gasteiger partial charge in [0.2, 0.25) is 0 Å². The van der Waals surface area contributed by atoms with Crippen molar-refractivity contribution in [2.24, 2.45) is 0 Å². The third-order valence-corrected chi connectivity index (χ3v) is 9.53. The summed E-state index contributed by atoms with van der Waals surface area (Å²) in [5.74, 6) is 1.63. The highest BCUT2D eigenvalue weighted by atomic mass is 16.5. The second-order valence-corrected chi connectivity index (χ2v) is 13.5. The normalized spacial score (nSPS) is 11.3. The molecule has 0 bridgehead atoms. The van der Waals surface area contributed by atoms with E-state index in [4.69, 9.17) is 9.72 Å². The molecule has 0 amide bonds. The van der Waals surface area contributed by atoms with Gasteiger partial charge in [-0.3, -0.25) is 18.7 Å². The Labute approximate surface area is 329 Å². The topological polar surface area (TPSA) is 119 Å². The Morgan fingerprint density at radius 3 is 1.42 bits per heavy atom. The predicted molar refractivity (Wildman–Crippen MR) is 230 cm³/mol. The summed E-state index contributed by atoms with van der Waals surface area (Å²) in [7, 11) is 1.50. The molecule has 0 aliphatic rings. The third-order valence-electron chi connectivity index (χ3n) is 9.53. The van der Waals surface area contributed by atoms with Crippen molar-refractivity contribution in [2.75, 3.05) is 7.11 Å². The maximum atomic E-state index is 13.2. The number of fused-ring (bicyclic) bond motifs is 2. The lowest BCUT2D eigenvalue weighted by Crippen LogP contribution is -2.22. The van der Waals surface area contributed by atoms with Crippen LogP contribution in [-0.2, 0) is 0 Å². The fourth-order valence-corrected chi connectivity index (χ4v) is 6.39. The number of hydrogen-bond donors (Lipinski definition) is 2. The standard InChI is InChI=1S/C24H20N2O3.C24H20N2O2/c1-16-10-13-18(14-11-16)26-22(25-20-8-4-3-7-19(20)24(26)28)15-12-17-6-5-9-21(29-2)23(17)27;1-16-10-13-19(14-11-16)26-22(15-12-18-7-5-6-17(2)23(18)27)25-21-9-4-3-8-20(21)24(26)28/h3-15,27H,1-2H3;3-15,27H,1-2H3/b2*15-12+. The molecule has 0 saturated heterocycles. The van der Waals surface area contributed by atoms with Crippen LogP contribution in [0.4, 0.5) is 0 Å². The Morgan fingerprint density at radius 2 is 0.947 bits per heavy atom. The van der Waals surface area contributed by atoms with Crippen molar-refractivity contribution >= 4 is 46.1 Å². The zero-order chi connectivity index (χ0) is 40.1. The fourth-order valence-electron chi connectivity index (χ4n) is 6.39. The van der Waals surface area contributed by atoms with E-state index >= 15 is 0 Å². The third kappa shape index (κ3) is 7.99. The molecule has 6 aromatic carbocycles. The van der Waals surface area contributed by atoms with Crippen LogP contribution in [0.15, 0.2) is 143 Å². The minimum absolute atomic E-state index is 0.0382. The van der Waals surface area contributed by atoms with Gasteiger partial charge in [-0.05, 0) is 105 Å². The summed E-state index contributed by atoms with van der Waals surface area (Å²) < 4.78 is 8.35. The summed E-state index contributed by atoms with van der Waals surface area (Å²) in [5.41, 5.74) is 6.75. The lowest BCUT2D eigenvalue weighted by atomic mass is 10.1. The molecule has 0 atom stereocenters. The quantitative estimate of drug-likeness (QED) is 0.167. The van der Waals surface area contributed by atoms with Gasteiger partial charge in [0, 0.05) is 11.1 Å². The van der Waals surface area contributed by atoms with Crippen LogP contribution in [0.5, 0.6) is 17.2 Å². The molecule has 8 rings (SSSR count). The van der Waals surface area contributed by atoms with E-state index in [0.29, 0.717) is 50.3 Å². The first kappa shape index (κ1) is 37.8. The van der Waals surface area contributed by atoms with Gasteiger partial charge in [0.25, 0.3) is 11.1 Å². The smallest absolute Gasteiger partial charge is 0.266 e. The summed E-state index contributed by atoms with van der Waals surface area (Å²) in [6.45, 7) is 5.85. The van der Waals surface area contributed by atoms with Crippen molar-refractivity contribution in [1.29, 1.82) is 0 Å². The Kier molecular flexibility index (Phi) is 10.9. The van der Waals surface area contributed by atoms with Gasteiger partial charge in [0.1, 0.15) is 17.4 Å². The molecule has 9 nitrogen and oxygen atoms in total. The van der Waals surface area contributed by atoms with Crippen molar-refractivity contribution in [2.45, 2.75) is 20.8 Å². The van der Waals surface area contributed by atoms with Crippen molar-refractivity contribution < 1.29 is 14.9 Å². The average molecular weight is 753 g/mol. The van der Waals surface area contributed by atoms with Gasteiger partial charge in [-0.25, -0.2) is 9.97 Å². The van der Waals surface area contributed by atoms with Crippen LogP contribution >= 0.6 is 0 Å². The second-order valence-electron chi connectivity index (χ2n) is 13.5. The van der Waals surface area contributed by atoms with Crippen molar-refractivity contribution in [3.05, 3.63) is 194 Å². The van der Waals surface area contributed by atoms with Crippen LogP contribution in [-0.4, -0.2) is 36.4 Å². The van der Waals surface area contributed by atoms with Gasteiger partial charge in [-0.2, -0.15) is 0 Å². The largest absolute Gasteiger partial charge is 0.507 e. The lowest BCUT2D eigenvalue weighted by molar-refractivity contribution is 0.373. The van der Waals surface area contributed by atoms with Gasteiger partial charge in [0.05, 0.1) is 40.3 Å². The molecular weight excluding hydrogens is 713 g/mol. The molecule has 0 aliphatic heterocycles. The van der Waals surface area contributed by atoms with E-state index in [-0.39, 0.29) is 22.6 Å². The number of aromatic nitrogens is 4. The van der Waals surface area contributed by atoms with Crippen molar-refractivity contribution in [3.63, 3.8) is 0 Å². The molecule has 8 aromatic rings. The van der Waals surface area contributed by atoms with Gasteiger partial charge in [-0.1, -0.05) is 90.0 Å². The number of methoxy groups -OCH3 is 1. The molecule has 2 N–H and O–H groups in total. The maximum Gasteiger partial charge on any atom is 0.266 e. The Hall–Kier alpha value is -7.52. The fraction of sp³-hybridized carbons (Fsp3) is 0.0833. The number of rotatable bonds is 7. The SMILES string of the molecule is COc1cccc(/C=C/c2nc3ccccc3c(=O)n2-c2ccc(C)cc2)c1O.Cc1ccc(-n2c(/C=C/c3cccc(C)c3O)nc3ccccc3c2=O)cc1. The first-order chi connectivity index (χ1) is 27.6. The van der Waals surface area contributed by atoms with E-state index in [0.717, 1.165) is 28.1 Å². The zero-order valence-electron chi connectivity index (χ0n) is 31.9. The number of hydrogen-bond acceptors (Lipinski definition) is 7. The number of aryl methyl sites for hydroxylation is 3. The van der Waals surface area contributed by atoms with Crippen molar-refractivity contribution in [3.8, 4) is 28.6 Å². The van der Waals surface area contributed by atoms with Gasteiger partial charge >= 0.3 is 0 Å². The van der Waals surface area contributed by atoms with E-state index in [9.17, 15) is 19.8 Å². The monoisotopic (exact) mass is 752 g/mol. The molecule has 0 radical (unpaired) electrons. The molecule has 2 aromatic heterocycles. The molecule has 0 unspecified atom stereocenters. The van der Waals surface area contributed by atoms with Gasteiger partial charge < -0.3 is 14.9 Å². The molecule has 0 spiro atoms. The van der Waals surface area contributed by atoms with Crippen LogP contribution in [0.3, 0.4) is 0 Å². The van der Waals surface area contributed by atoms with Gasteiger partial charge in [0.15, 0.2) is 11.5 Å². The Morgan fingerprint density at radius 1 is 0.509 bits per heavy atom. The number of para-hydroxylation sites is 4. The maximum absolute atomic E-state index is 13.2. The molecule has 57 heavy (non-hydrogen) atoms. The number of aromatic hydroxyl groups is 2. The number of phenols is 2. The zero-order valence-corrected chi connectivity index (χ0v) is 31.9. The van der Waals surface area contributed by atoms with Crippen LogP contribution in [0, 0.1) is 20.8 Å². The van der Waals surface area contributed by atoms with Crippen LogP contribution in [0.2, 0.25) is 0 Å². The predicted octanol–water partition coefficient (Wildman–Crippen LogP) is 9.46. The van der Waals surface area contributed by atoms with Crippen LogP contribution in [0.25, 0.3) is 57.5 Å². The van der Waals surface area contributed by atoms with E-state index in [1.807, 2.05) is 124 Å². The summed E-state index contributed by atoms with van der Waals surface area (Å²) in [4.78, 5) is 35.8. The molecular formula is C48H40N4O5. The van der Waals surface area contributed by atoms with Crippen LogP contribution in [0.1, 0.15) is 39.5 Å². The highest BCUT2D eigenvalue weighted by Gasteiger charge is 2.13. The average Bonchev–Trinajstić information content (AvgIpc) is 3.22. The Bertz CT molecular complexity index is 2930. The summed E-state index contributed by atoms with van der Waals surface area (Å²) in [6.07, 6.45) is 6.99. The summed E-state index contributed by atoms with van der Waals surface area (Å²) in [5, 5.41) is 21.7. The minimum Gasteiger partial charge on any atom is -0.507 e. The molecule has 2 heterocycles. The summed E-state index contributed by atoms with van der Waals surface area (Å²) >= 11 is 0. The number of nitrogens with zero attached hydrogens (tertiary/aromatic N) is 4. The van der Waals surface area contributed by atoms with E-state index in [2.05, 4.69) is 4.98 Å². The van der Waals surface area contributed by atoms with E-state index in [1.54, 1.807) is 63.8 Å². The highest BCUT2D eigenvalue weighted by molar-refractivity contribution is 5.82. The second kappa shape index (κ2) is 16.5. The lowest BCUT2D eigenvalue weighted by Gasteiger charge is -2.12. The number of ether oxygens (including phenoxy) is 1. The van der Waals surface area contributed by atoms with Gasteiger partial charge in [-0.15, -0.1) is 0 Å². The number of benzene rings is 6. The molecule has 282 valence electrons. The first-order valence-corrected chi connectivity index (χ1v) is 18.3. The van der Waals surface area contributed by atoms with E-state index < -0.39 is 0 Å². The molecule has 0 saturated carbocycles. The highest BCUT2D eigenvalue weighted by Crippen LogP contribution is 2.31. The molecule has 0 fully saturated rings. The summed E-state index contributed by atoms with van der Waals surface area (Å²) in [6, 6.07) is 40.9. The van der Waals surface area contributed by atoms with E-state index in [1.165, 1.54) is 7.11 Å². The first-order valence-electron chi connectivity index (χ1n) is 18.3. The Balaban J connectivity index is 0.000000174. The van der Waals surface area contributed by atoms with Crippen LogP contribution < -0.4 is 15.9 Å². The molecule has 0 aliphatic carbocycles. The van der Waals surface area contributed by atoms with Crippen molar-refractivity contribution in [1.82, 2.24) is 19.1 Å².